The van der Waals surface area contributed by atoms with Crippen molar-refractivity contribution < 1.29 is 49.3 Å². The van der Waals surface area contributed by atoms with Gasteiger partial charge < -0.3 is 15.2 Å². The molecule has 0 unspecified atom stereocenters. The quantitative estimate of drug-likeness (QED) is 0.542. The van der Waals surface area contributed by atoms with Crippen molar-refractivity contribution in [2.75, 3.05) is 20.3 Å². The minimum Gasteiger partial charge on any atom is -1.00 e. The van der Waals surface area contributed by atoms with Crippen molar-refractivity contribution in [3.8, 4) is 5.75 Å². The third kappa shape index (κ3) is 5.87. The van der Waals surface area contributed by atoms with Crippen molar-refractivity contribution in [3.63, 3.8) is 0 Å². The minimum absolute atomic E-state index is 0. The summed E-state index contributed by atoms with van der Waals surface area (Å²) in [5.41, 5.74) is 0.913. The fourth-order valence-corrected chi connectivity index (χ4v) is 3.18. The molecular formula is C12H20NaO4P. The summed E-state index contributed by atoms with van der Waals surface area (Å²) in [5, 5.41) is 0. The predicted octanol–water partition coefficient (Wildman–Crippen LogP) is 0.578. The van der Waals surface area contributed by atoms with Gasteiger partial charge in [0.15, 0.2) is 0 Å². The van der Waals surface area contributed by atoms with Crippen molar-refractivity contribution >= 4 is 7.60 Å². The fraction of sp³-hybridized carbons (Fsp3) is 0.500. The minimum atomic E-state index is -3.01. The smallest absolute Gasteiger partial charge is 1.00 e. The van der Waals surface area contributed by atoms with E-state index in [1.165, 1.54) is 0 Å². The summed E-state index contributed by atoms with van der Waals surface area (Å²) in [6.07, 6.45) is 0.290. The zero-order valence-electron chi connectivity index (χ0n) is 12.5. The Morgan fingerprint density at radius 3 is 2.00 bits per heavy atom. The molecule has 1 aromatic rings. The Bertz CT molecular complexity index is 376. The van der Waals surface area contributed by atoms with Crippen LogP contribution in [0.1, 0.15) is 20.8 Å². The van der Waals surface area contributed by atoms with Gasteiger partial charge in [-0.25, -0.2) is 0 Å². The number of rotatable bonds is 7. The second-order valence-electron chi connectivity index (χ2n) is 3.45. The van der Waals surface area contributed by atoms with Crippen LogP contribution in [-0.2, 0) is 19.8 Å². The SMILES string of the molecule is CCOP(=O)(Cc1ccc(OC)cc1)OCC.[H-].[Na+]. The van der Waals surface area contributed by atoms with Crippen molar-refractivity contribution in [2.45, 2.75) is 20.0 Å². The molecule has 0 saturated carbocycles. The summed E-state index contributed by atoms with van der Waals surface area (Å²) >= 11 is 0. The first-order valence-electron chi connectivity index (χ1n) is 5.64. The van der Waals surface area contributed by atoms with Gasteiger partial charge in [-0.05, 0) is 31.5 Å². The third-order valence-corrected chi connectivity index (χ3v) is 4.24. The van der Waals surface area contributed by atoms with E-state index in [1.807, 2.05) is 24.3 Å². The van der Waals surface area contributed by atoms with Gasteiger partial charge in [0.05, 0.1) is 26.5 Å². The van der Waals surface area contributed by atoms with E-state index in [2.05, 4.69) is 0 Å². The van der Waals surface area contributed by atoms with Gasteiger partial charge >= 0.3 is 37.2 Å². The number of benzene rings is 1. The molecular weight excluding hydrogens is 262 g/mol. The number of hydrogen-bond donors (Lipinski definition) is 0. The van der Waals surface area contributed by atoms with Crippen LogP contribution in [0.2, 0.25) is 0 Å². The molecule has 0 aliphatic carbocycles. The molecule has 98 valence electrons. The molecule has 0 amide bonds. The summed E-state index contributed by atoms with van der Waals surface area (Å²) in [7, 11) is -1.39. The van der Waals surface area contributed by atoms with Gasteiger partial charge in [0.2, 0.25) is 0 Å². The monoisotopic (exact) mass is 282 g/mol. The first-order valence-corrected chi connectivity index (χ1v) is 7.37. The molecule has 0 aromatic heterocycles. The van der Waals surface area contributed by atoms with E-state index in [0.29, 0.717) is 19.4 Å². The van der Waals surface area contributed by atoms with Crippen LogP contribution in [0, 0.1) is 0 Å². The van der Waals surface area contributed by atoms with Crippen molar-refractivity contribution in [1.29, 1.82) is 0 Å². The molecule has 0 spiro atoms. The van der Waals surface area contributed by atoms with E-state index >= 15 is 0 Å². The third-order valence-electron chi connectivity index (χ3n) is 2.19. The summed E-state index contributed by atoms with van der Waals surface area (Å²) in [5.74, 6) is 0.774. The van der Waals surface area contributed by atoms with Crippen LogP contribution in [0.5, 0.6) is 5.75 Å². The first kappa shape index (κ1) is 18.2. The standard InChI is InChI=1S/C12H19O4P.Na.H/c1-4-15-17(13,16-5-2)10-11-6-8-12(14-3)9-7-11;;/h6-9H,4-5,10H2,1-3H3;;/q;+1;-1. The zero-order valence-corrected chi connectivity index (χ0v) is 14.4. The fourth-order valence-electron chi connectivity index (χ4n) is 1.48. The molecule has 0 bridgehead atoms. The van der Waals surface area contributed by atoms with Gasteiger partial charge in [0.25, 0.3) is 0 Å². The van der Waals surface area contributed by atoms with Crippen LogP contribution in [0.4, 0.5) is 0 Å². The number of hydrogen-bond acceptors (Lipinski definition) is 4. The van der Waals surface area contributed by atoms with E-state index in [0.717, 1.165) is 11.3 Å². The summed E-state index contributed by atoms with van der Waals surface area (Å²) < 4.78 is 27.8. The van der Waals surface area contributed by atoms with E-state index in [-0.39, 0.29) is 31.0 Å². The van der Waals surface area contributed by atoms with Gasteiger partial charge in [-0.1, -0.05) is 12.1 Å². The van der Waals surface area contributed by atoms with Crippen molar-refractivity contribution in [2.24, 2.45) is 0 Å². The Morgan fingerprint density at radius 1 is 1.11 bits per heavy atom. The van der Waals surface area contributed by atoms with Gasteiger partial charge in [-0.2, -0.15) is 0 Å². The molecule has 0 heterocycles. The van der Waals surface area contributed by atoms with Crippen molar-refractivity contribution in [1.82, 2.24) is 0 Å². The average Bonchev–Trinajstić information content (AvgIpc) is 2.30. The maximum atomic E-state index is 12.3. The summed E-state index contributed by atoms with van der Waals surface area (Å²) in [6, 6.07) is 7.39. The van der Waals surface area contributed by atoms with Crippen molar-refractivity contribution in [3.05, 3.63) is 29.8 Å². The molecule has 18 heavy (non-hydrogen) atoms. The Kier molecular flexibility index (Phi) is 9.22. The molecule has 1 rings (SSSR count). The number of ether oxygens (including phenoxy) is 1. The maximum absolute atomic E-state index is 12.3. The normalized spacial score (nSPS) is 10.8. The molecule has 0 fully saturated rings. The van der Waals surface area contributed by atoms with Crippen LogP contribution in [0.3, 0.4) is 0 Å². The molecule has 6 heteroatoms. The van der Waals surface area contributed by atoms with Gasteiger partial charge in [0.1, 0.15) is 5.75 Å². The van der Waals surface area contributed by atoms with Gasteiger partial charge in [-0.15, -0.1) is 0 Å². The summed E-state index contributed by atoms with van der Waals surface area (Å²) in [6.45, 7) is 4.38. The molecule has 0 aliphatic rings. The Morgan fingerprint density at radius 2 is 1.61 bits per heavy atom. The molecule has 0 radical (unpaired) electrons. The largest absolute Gasteiger partial charge is 1.00 e. The van der Waals surface area contributed by atoms with Crippen LogP contribution < -0.4 is 34.3 Å². The molecule has 4 nitrogen and oxygen atoms in total. The maximum Gasteiger partial charge on any atom is 1.00 e. The van der Waals surface area contributed by atoms with Crippen LogP contribution in [-0.4, -0.2) is 20.3 Å². The topological polar surface area (TPSA) is 44.8 Å². The molecule has 0 saturated heterocycles. The average molecular weight is 282 g/mol. The zero-order chi connectivity index (χ0) is 12.7. The number of methoxy groups -OCH3 is 1. The van der Waals surface area contributed by atoms with E-state index in [1.54, 1.807) is 21.0 Å². The second kappa shape index (κ2) is 9.13. The van der Waals surface area contributed by atoms with Gasteiger partial charge in [-0.3, -0.25) is 4.57 Å². The van der Waals surface area contributed by atoms with E-state index in [9.17, 15) is 4.57 Å². The van der Waals surface area contributed by atoms with E-state index in [4.69, 9.17) is 13.8 Å². The molecule has 0 atom stereocenters. The Hall–Kier alpha value is 0.170. The summed E-state index contributed by atoms with van der Waals surface area (Å²) in [4.78, 5) is 0. The molecule has 1 aromatic carbocycles. The first-order chi connectivity index (χ1) is 8.13. The Labute approximate surface area is 132 Å². The van der Waals surface area contributed by atoms with Crippen LogP contribution >= 0.6 is 7.60 Å². The van der Waals surface area contributed by atoms with Gasteiger partial charge in [0, 0.05) is 0 Å². The second-order valence-corrected chi connectivity index (χ2v) is 5.51. The van der Waals surface area contributed by atoms with E-state index < -0.39 is 7.60 Å². The predicted molar refractivity (Wildman–Crippen MR) is 68.7 cm³/mol. The molecule has 0 aliphatic heterocycles. The van der Waals surface area contributed by atoms with Crippen LogP contribution in [0.15, 0.2) is 24.3 Å². The Balaban J connectivity index is 0. The van der Waals surface area contributed by atoms with Crippen LogP contribution in [0.25, 0.3) is 0 Å². The molecule has 0 N–H and O–H groups in total.